The number of rotatable bonds is 3. The average molecular weight is 222 g/mol. The van der Waals surface area contributed by atoms with Gasteiger partial charge >= 0.3 is 5.97 Å². The number of methoxy groups -OCH3 is 1. The first-order valence-corrected chi connectivity index (χ1v) is 5.82. The fourth-order valence-corrected chi connectivity index (χ4v) is 2.51. The van der Waals surface area contributed by atoms with Crippen LogP contribution >= 0.6 is 0 Å². The maximum absolute atomic E-state index is 11.3. The first-order chi connectivity index (χ1) is 6.35. The van der Waals surface area contributed by atoms with E-state index in [-0.39, 0.29) is 18.8 Å². The summed E-state index contributed by atoms with van der Waals surface area (Å²) in [6.45, 7) is 1.57. The Bertz CT molecular complexity index is 332. The highest BCUT2D eigenvalue weighted by Crippen LogP contribution is 2.22. The molecule has 0 aliphatic carbocycles. The molecule has 1 aliphatic rings. The Labute approximate surface area is 83.1 Å². The molecule has 0 spiro atoms. The Morgan fingerprint density at radius 2 is 2.07 bits per heavy atom. The summed E-state index contributed by atoms with van der Waals surface area (Å²) in [7, 11) is -2.00. The van der Waals surface area contributed by atoms with Crippen molar-refractivity contribution in [3.8, 4) is 0 Å². The van der Waals surface area contributed by atoms with E-state index in [4.69, 9.17) is 5.73 Å². The molecule has 0 aromatic carbocycles. The Morgan fingerprint density at radius 3 is 2.43 bits per heavy atom. The van der Waals surface area contributed by atoms with Gasteiger partial charge in [-0.25, -0.2) is 13.2 Å². The summed E-state index contributed by atoms with van der Waals surface area (Å²) >= 11 is 0. The van der Waals surface area contributed by atoms with Crippen LogP contribution in [0, 0.1) is 0 Å². The van der Waals surface area contributed by atoms with E-state index < -0.39 is 21.5 Å². The van der Waals surface area contributed by atoms with E-state index in [1.54, 1.807) is 6.92 Å². The quantitative estimate of drug-likeness (QED) is 0.588. The van der Waals surface area contributed by atoms with Gasteiger partial charge in [0.15, 0.2) is 0 Å². The van der Waals surface area contributed by atoms with E-state index in [9.17, 15) is 13.2 Å². The second-order valence-electron chi connectivity index (χ2n) is 3.32. The largest absolute Gasteiger partial charge is 0.468 e. The molecule has 0 bridgehead atoms. The molecule has 0 aromatic rings. The topological polar surface area (TPSA) is 89.7 Å². The van der Waals surface area contributed by atoms with Gasteiger partial charge in [0.25, 0.3) is 0 Å². The summed E-state index contributed by atoms with van der Waals surface area (Å²) in [6, 6.07) is 0. The molecule has 7 heteroatoms. The number of hydrogen-bond donors (Lipinski definition) is 1. The molecule has 0 amide bonds. The predicted molar refractivity (Wildman–Crippen MR) is 50.0 cm³/mol. The van der Waals surface area contributed by atoms with Gasteiger partial charge < -0.3 is 10.5 Å². The van der Waals surface area contributed by atoms with Crippen LogP contribution in [0.1, 0.15) is 6.92 Å². The third-order valence-electron chi connectivity index (χ3n) is 2.27. The predicted octanol–water partition coefficient (Wildman–Crippen LogP) is -1.48. The van der Waals surface area contributed by atoms with Crippen LogP contribution in [0.5, 0.6) is 0 Å². The SMILES string of the molecule is CCS(=O)(=O)N1CC(N)(C(=O)OC)C1. The van der Waals surface area contributed by atoms with Crippen molar-refractivity contribution in [3.63, 3.8) is 0 Å². The van der Waals surface area contributed by atoms with E-state index in [0.717, 1.165) is 0 Å². The van der Waals surface area contributed by atoms with Crippen LogP contribution in [0.25, 0.3) is 0 Å². The van der Waals surface area contributed by atoms with Crippen LogP contribution in [0.15, 0.2) is 0 Å². The number of sulfonamides is 1. The molecular formula is C7H14N2O4S. The lowest BCUT2D eigenvalue weighted by Gasteiger charge is -2.43. The fraction of sp³-hybridized carbons (Fsp3) is 0.857. The molecule has 1 rings (SSSR count). The maximum atomic E-state index is 11.3. The Morgan fingerprint density at radius 1 is 1.57 bits per heavy atom. The summed E-state index contributed by atoms with van der Waals surface area (Å²) in [5.74, 6) is -0.551. The first kappa shape index (κ1) is 11.4. The van der Waals surface area contributed by atoms with Gasteiger partial charge in [0.2, 0.25) is 10.0 Å². The van der Waals surface area contributed by atoms with Crippen molar-refractivity contribution in [2.24, 2.45) is 5.73 Å². The van der Waals surface area contributed by atoms with Crippen molar-refractivity contribution in [1.29, 1.82) is 0 Å². The van der Waals surface area contributed by atoms with Crippen molar-refractivity contribution in [2.45, 2.75) is 12.5 Å². The Hall–Kier alpha value is -0.660. The zero-order valence-corrected chi connectivity index (χ0v) is 9.00. The van der Waals surface area contributed by atoms with Gasteiger partial charge in [0.1, 0.15) is 5.54 Å². The minimum Gasteiger partial charge on any atom is -0.468 e. The Balaban J connectivity index is 2.64. The summed E-state index contributed by atoms with van der Waals surface area (Å²) in [5, 5.41) is 0. The van der Waals surface area contributed by atoms with Crippen molar-refractivity contribution < 1.29 is 17.9 Å². The second kappa shape index (κ2) is 3.48. The summed E-state index contributed by atoms with van der Waals surface area (Å²) in [6.07, 6.45) is 0. The number of hydrogen-bond acceptors (Lipinski definition) is 5. The highest BCUT2D eigenvalue weighted by atomic mass is 32.2. The standard InChI is InChI=1S/C7H14N2O4S/c1-3-14(11,12)9-4-7(8,5-9)6(10)13-2/h3-5,8H2,1-2H3. The molecule has 1 fully saturated rings. The Kier molecular flexibility index (Phi) is 2.84. The van der Waals surface area contributed by atoms with Gasteiger partial charge in [-0.2, -0.15) is 4.31 Å². The number of carbonyl (C=O) groups is 1. The molecule has 0 saturated carbocycles. The molecule has 0 radical (unpaired) electrons. The van der Waals surface area contributed by atoms with Crippen LogP contribution in [-0.4, -0.2) is 50.2 Å². The smallest absolute Gasteiger partial charge is 0.328 e. The summed E-state index contributed by atoms with van der Waals surface area (Å²) in [5.41, 5.74) is 4.46. The van der Waals surface area contributed by atoms with Crippen LogP contribution in [-0.2, 0) is 19.6 Å². The molecule has 0 aromatic heterocycles. The minimum atomic E-state index is -3.23. The van der Waals surface area contributed by atoms with Crippen LogP contribution in [0.2, 0.25) is 0 Å². The van der Waals surface area contributed by atoms with Gasteiger partial charge in [-0.3, -0.25) is 0 Å². The highest BCUT2D eigenvalue weighted by Gasteiger charge is 2.51. The highest BCUT2D eigenvalue weighted by molar-refractivity contribution is 7.89. The van der Waals surface area contributed by atoms with Gasteiger partial charge in [0, 0.05) is 13.1 Å². The van der Waals surface area contributed by atoms with Gasteiger partial charge in [-0.1, -0.05) is 0 Å². The number of nitrogens with two attached hydrogens (primary N) is 1. The number of carbonyl (C=O) groups excluding carboxylic acids is 1. The normalized spacial score (nSPS) is 21.4. The zero-order chi connectivity index (χ0) is 11.0. The lowest BCUT2D eigenvalue weighted by molar-refractivity contribution is -0.151. The van der Waals surface area contributed by atoms with Gasteiger partial charge in [-0.05, 0) is 6.92 Å². The van der Waals surface area contributed by atoms with Crippen molar-refractivity contribution in [1.82, 2.24) is 4.31 Å². The zero-order valence-electron chi connectivity index (χ0n) is 8.19. The van der Waals surface area contributed by atoms with E-state index in [1.807, 2.05) is 0 Å². The van der Waals surface area contributed by atoms with Crippen molar-refractivity contribution in [3.05, 3.63) is 0 Å². The first-order valence-electron chi connectivity index (χ1n) is 4.21. The molecule has 6 nitrogen and oxygen atoms in total. The monoisotopic (exact) mass is 222 g/mol. The van der Waals surface area contributed by atoms with Crippen molar-refractivity contribution in [2.75, 3.05) is 26.0 Å². The summed E-state index contributed by atoms with van der Waals surface area (Å²) < 4.78 is 28.2. The number of nitrogens with zero attached hydrogens (tertiary/aromatic N) is 1. The van der Waals surface area contributed by atoms with E-state index in [1.165, 1.54) is 11.4 Å². The van der Waals surface area contributed by atoms with Gasteiger partial charge in [-0.15, -0.1) is 0 Å². The van der Waals surface area contributed by atoms with Gasteiger partial charge in [0.05, 0.1) is 12.9 Å². The lowest BCUT2D eigenvalue weighted by atomic mass is 9.94. The van der Waals surface area contributed by atoms with Crippen LogP contribution in [0.4, 0.5) is 0 Å². The average Bonchev–Trinajstić information content (AvgIpc) is 2.11. The molecular weight excluding hydrogens is 208 g/mol. The minimum absolute atomic E-state index is 0.00977. The number of esters is 1. The molecule has 0 unspecified atom stereocenters. The number of ether oxygens (including phenoxy) is 1. The third-order valence-corrected chi connectivity index (χ3v) is 4.04. The molecule has 82 valence electrons. The van der Waals surface area contributed by atoms with E-state index in [2.05, 4.69) is 4.74 Å². The molecule has 2 N–H and O–H groups in total. The third kappa shape index (κ3) is 1.75. The lowest BCUT2D eigenvalue weighted by Crippen LogP contribution is -2.72. The molecule has 0 atom stereocenters. The van der Waals surface area contributed by atoms with E-state index in [0.29, 0.717) is 0 Å². The van der Waals surface area contributed by atoms with Crippen LogP contribution < -0.4 is 5.73 Å². The second-order valence-corrected chi connectivity index (χ2v) is 5.57. The molecule has 1 saturated heterocycles. The maximum Gasteiger partial charge on any atom is 0.328 e. The molecule has 1 heterocycles. The van der Waals surface area contributed by atoms with Crippen molar-refractivity contribution >= 4 is 16.0 Å². The fourth-order valence-electron chi connectivity index (χ4n) is 1.29. The molecule has 1 aliphatic heterocycles. The summed E-state index contributed by atoms with van der Waals surface area (Å²) in [4.78, 5) is 11.1. The van der Waals surface area contributed by atoms with Crippen LogP contribution in [0.3, 0.4) is 0 Å². The molecule has 14 heavy (non-hydrogen) atoms. The van der Waals surface area contributed by atoms with E-state index >= 15 is 0 Å².